The number of hydrogen-bond acceptors (Lipinski definition) is 3. The summed E-state index contributed by atoms with van der Waals surface area (Å²) in [4.78, 5) is 13.4. The van der Waals surface area contributed by atoms with Crippen LogP contribution in [-0.4, -0.2) is 37.2 Å². The zero-order valence-electron chi connectivity index (χ0n) is 7.74. The van der Waals surface area contributed by atoms with E-state index < -0.39 is 0 Å². The number of nitrogens with zero attached hydrogens (tertiary/aromatic N) is 1. The molecule has 2 rings (SSSR count). The Labute approximate surface area is 78.0 Å². The van der Waals surface area contributed by atoms with Crippen LogP contribution in [0.1, 0.15) is 12.8 Å². The molecule has 0 radical (unpaired) electrons. The van der Waals surface area contributed by atoms with Crippen LogP contribution < -0.4 is 5.73 Å². The first-order chi connectivity index (χ1) is 6.31. The summed E-state index contributed by atoms with van der Waals surface area (Å²) in [6.07, 6.45) is 2.12. The minimum atomic E-state index is 0.262. The number of ether oxygens (including phenoxy) is 1. The van der Waals surface area contributed by atoms with E-state index in [1.165, 1.54) is 0 Å². The topological polar surface area (TPSA) is 55.6 Å². The fourth-order valence-corrected chi connectivity index (χ4v) is 1.63. The molecule has 2 N–H and O–H groups in total. The summed E-state index contributed by atoms with van der Waals surface area (Å²) in [5.41, 5.74) is 5.54. The Bertz CT molecular complexity index is 204. The first kappa shape index (κ1) is 8.97. The minimum Gasteiger partial charge on any atom is -0.361 e. The van der Waals surface area contributed by atoms with Gasteiger partial charge in [-0.25, -0.2) is 0 Å². The third-order valence-corrected chi connectivity index (χ3v) is 2.65. The quantitative estimate of drug-likeness (QED) is 0.646. The second kappa shape index (κ2) is 3.64. The molecule has 0 aromatic rings. The van der Waals surface area contributed by atoms with E-state index in [4.69, 9.17) is 10.5 Å². The van der Waals surface area contributed by atoms with Crippen LogP contribution in [0.2, 0.25) is 0 Å². The molecule has 0 spiro atoms. The third kappa shape index (κ3) is 2.00. The van der Waals surface area contributed by atoms with E-state index in [1.807, 2.05) is 0 Å². The Hall–Kier alpha value is -0.610. The molecule has 1 aliphatic carbocycles. The van der Waals surface area contributed by atoms with E-state index in [-0.39, 0.29) is 5.91 Å². The van der Waals surface area contributed by atoms with Crippen LogP contribution in [0.4, 0.5) is 0 Å². The summed E-state index contributed by atoms with van der Waals surface area (Å²) in [6, 6.07) is 0. The molecule has 1 saturated heterocycles. The van der Waals surface area contributed by atoms with Gasteiger partial charge in [-0.3, -0.25) is 4.79 Å². The van der Waals surface area contributed by atoms with Crippen molar-refractivity contribution in [1.82, 2.24) is 4.90 Å². The molecule has 4 heteroatoms. The van der Waals surface area contributed by atoms with Gasteiger partial charge in [0.2, 0.25) is 5.91 Å². The minimum absolute atomic E-state index is 0.262. The van der Waals surface area contributed by atoms with E-state index in [0.717, 1.165) is 19.4 Å². The van der Waals surface area contributed by atoms with Crippen LogP contribution in [-0.2, 0) is 9.53 Å². The second-order valence-electron chi connectivity index (χ2n) is 3.94. The largest absolute Gasteiger partial charge is 0.361 e. The Kier molecular flexibility index (Phi) is 2.51. The average molecular weight is 184 g/mol. The van der Waals surface area contributed by atoms with Crippen molar-refractivity contribution < 1.29 is 9.53 Å². The molecule has 2 fully saturated rings. The molecule has 1 atom stereocenters. The van der Waals surface area contributed by atoms with Gasteiger partial charge in [0.05, 0.1) is 6.61 Å². The monoisotopic (exact) mass is 184 g/mol. The first-order valence-electron chi connectivity index (χ1n) is 4.88. The summed E-state index contributed by atoms with van der Waals surface area (Å²) in [5, 5.41) is 0. The van der Waals surface area contributed by atoms with Gasteiger partial charge in [0, 0.05) is 18.4 Å². The standard InChI is InChI=1S/C9H16N2O2/c10-3-7-4-11(6-13-5-7)9(12)8-1-2-8/h7-8H,1-6,10H2. The van der Waals surface area contributed by atoms with Gasteiger partial charge in [0.15, 0.2) is 0 Å². The summed E-state index contributed by atoms with van der Waals surface area (Å²) in [7, 11) is 0. The predicted octanol–water partition coefficient (Wildman–Crippen LogP) is -0.212. The van der Waals surface area contributed by atoms with Gasteiger partial charge >= 0.3 is 0 Å². The maximum Gasteiger partial charge on any atom is 0.227 e. The fraction of sp³-hybridized carbons (Fsp3) is 0.889. The van der Waals surface area contributed by atoms with Gasteiger partial charge in [-0.1, -0.05) is 0 Å². The zero-order chi connectivity index (χ0) is 9.26. The average Bonchev–Trinajstić information content (AvgIpc) is 3.00. The van der Waals surface area contributed by atoms with Crippen molar-refractivity contribution in [3.63, 3.8) is 0 Å². The van der Waals surface area contributed by atoms with Crippen LogP contribution in [0.25, 0.3) is 0 Å². The summed E-state index contributed by atoms with van der Waals surface area (Å²) >= 11 is 0. The highest BCUT2D eigenvalue weighted by molar-refractivity contribution is 5.81. The van der Waals surface area contributed by atoms with Gasteiger partial charge in [-0.2, -0.15) is 0 Å². The maximum absolute atomic E-state index is 11.6. The molecule has 74 valence electrons. The van der Waals surface area contributed by atoms with Crippen LogP contribution in [0, 0.1) is 11.8 Å². The molecule has 1 aliphatic heterocycles. The lowest BCUT2D eigenvalue weighted by Crippen LogP contribution is -2.45. The molecule has 13 heavy (non-hydrogen) atoms. The zero-order valence-corrected chi connectivity index (χ0v) is 7.74. The number of nitrogens with two attached hydrogens (primary N) is 1. The van der Waals surface area contributed by atoms with Crippen molar-refractivity contribution in [2.75, 3.05) is 26.4 Å². The molecule has 0 bridgehead atoms. The van der Waals surface area contributed by atoms with E-state index >= 15 is 0 Å². The Morgan fingerprint density at radius 2 is 2.31 bits per heavy atom. The fourth-order valence-electron chi connectivity index (χ4n) is 1.63. The Morgan fingerprint density at radius 3 is 2.92 bits per heavy atom. The van der Waals surface area contributed by atoms with Crippen molar-refractivity contribution >= 4 is 5.91 Å². The number of rotatable bonds is 2. The smallest absolute Gasteiger partial charge is 0.227 e. The van der Waals surface area contributed by atoms with Gasteiger partial charge in [0.25, 0.3) is 0 Å². The molecular weight excluding hydrogens is 168 g/mol. The highest BCUT2D eigenvalue weighted by Crippen LogP contribution is 2.31. The molecule has 0 aromatic carbocycles. The lowest BCUT2D eigenvalue weighted by Gasteiger charge is -2.32. The Balaban J connectivity index is 1.87. The SMILES string of the molecule is NCC1COCN(C(=O)C2CC2)C1. The molecule has 1 heterocycles. The molecule has 1 amide bonds. The van der Waals surface area contributed by atoms with Crippen LogP contribution in [0.5, 0.6) is 0 Å². The van der Waals surface area contributed by atoms with Crippen LogP contribution >= 0.6 is 0 Å². The van der Waals surface area contributed by atoms with Crippen molar-refractivity contribution in [3.8, 4) is 0 Å². The van der Waals surface area contributed by atoms with E-state index in [0.29, 0.717) is 31.7 Å². The van der Waals surface area contributed by atoms with E-state index in [1.54, 1.807) is 4.90 Å². The summed E-state index contributed by atoms with van der Waals surface area (Å²) < 4.78 is 5.31. The first-order valence-corrected chi connectivity index (χ1v) is 4.88. The molecule has 0 aromatic heterocycles. The number of amides is 1. The van der Waals surface area contributed by atoms with Gasteiger partial charge in [-0.15, -0.1) is 0 Å². The Morgan fingerprint density at radius 1 is 1.54 bits per heavy atom. The highest BCUT2D eigenvalue weighted by atomic mass is 16.5. The molecule has 2 aliphatic rings. The molecule has 1 unspecified atom stereocenters. The third-order valence-electron chi connectivity index (χ3n) is 2.65. The number of hydrogen-bond donors (Lipinski definition) is 1. The number of carbonyl (C=O) groups excluding carboxylic acids is 1. The summed E-state index contributed by atoms with van der Waals surface area (Å²) in [5.74, 6) is 0.884. The molecular formula is C9H16N2O2. The van der Waals surface area contributed by atoms with Gasteiger partial charge in [0.1, 0.15) is 6.73 Å². The highest BCUT2D eigenvalue weighted by Gasteiger charge is 2.35. The van der Waals surface area contributed by atoms with Gasteiger partial charge < -0.3 is 15.4 Å². The number of carbonyl (C=O) groups is 1. The van der Waals surface area contributed by atoms with Crippen LogP contribution in [0.15, 0.2) is 0 Å². The predicted molar refractivity (Wildman–Crippen MR) is 47.8 cm³/mol. The lowest BCUT2D eigenvalue weighted by atomic mass is 10.1. The van der Waals surface area contributed by atoms with Crippen molar-refractivity contribution in [3.05, 3.63) is 0 Å². The second-order valence-corrected chi connectivity index (χ2v) is 3.94. The summed E-state index contributed by atoms with van der Waals surface area (Å²) in [6.45, 7) is 2.55. The van der Waals surface area contributed by atoms with E-state index in [9.17, 15) is 4.79 Å². The molecule has 4 nitrogen and oxygen atoms in total. The van der Waals surface area contributed by atoms with Crippen molar-refractivity contribution in [1.29, 1.82) is 0 Å². The van der Waals surface area contributed by atoms with E-state index in [2.05, 4.69) is 0 Å². The van der Waals surface area contributed by atoms with Crippen molar-refractivity contribution in [2.45, 2.75) is 12.8 Å². The van der Waals surface area contributed by atoms with Gasteiger partial charge in [-0.05, 0) is 19.4 Å². The molecule has 1 saturated carbocycles. The van der Waals surface area contributed by atoms with Crippen molar-refractivity contribution in [2.24, 2.45) is 17.6 Å². The van der Waals surface area contributed by atoms with Crippen LogP contribution in [0.3, 0.4) is 0 Å². The maximum atomic E-state index is 11.6. The lowest BCUT2D eigenvalue weighted by molar-refractivity contribution is -0.145. The normalized spacial score (nSPS) is 29.0.